The number of aryl methyl sites for hydroxylation is 1. The number of aromatic nitrogens is 2. The number of piperazine rings is 1. The van der Waals surface area contributed by atoms with E-state index in [4.69, 9.17) is 4.42 Å². The van der Waals surface area contributed by atoms with Gasteiger partial charge in [-0.2, -0.15) is 0 Å². The van der Waals surface area contributed by atoms with Crippen molar-refractivity contribution in [1.82, 2.24) is 14.9 Å². The molecular weight excluding hydrogens is 292 g/mol. The summed E-state index contributed by atoms with van der Waals surface area (Å²) >= 11 is 0. The summed E-state index contributed by atoms with van der Waals surface area (Å²) in [5.41, 5.74) is -0.109. The molecule has 2 aromatic heterocycles. The van der Waals surface area contributed by atoms with Gasteiger partial charge >= 0.3 is 0 Å². The van der Waals surface area contributed by atoms with Crippen molar-refractivity contribution in [3.63, 3.8) is 0 Å². The second-order valence-corrected chi connectivity index (χ2v) is 6.21. The molecule has 1 atom stereocenters. The van der Waals surface area contributed by atoms with E-state index in [0.29, 0.717) is 11.7 Å². The molecule has 1 unspecified atom stereocenters. The fourth-order valence-corrected chi connectivity index (χ4v) is 2.99. The number of rotatable bonds is 5. The van der Waals surface area contributed by atoms with E-state index in [1.165, 1.54) is 0 Å². The fourth-order valence-electron chi connectivity index (χ4n) is 2.99. The van der Waals surface area contributed by atoms with Gasteiger partial charge in [-0.05, 0) is 32.0 Å². The van der Waals surface area contributed by atoms with Crippen LogP contribution in [0.2, 0.25) is 0 Å². The first-order valence-corrected chi connectivity index (χ1v) is 8.21. The minimum absolute atomic E-state index is 0.109. The maximum absolute atomic E-state index is 11.8. The Balaban J connectivity index is 1.48. The molecule has 6 heteroatoms. The third-order valence-corrected chi connectivity index (χ3v) is 4.49. The first-order valence-electron chi connectivity index (χ1n) is 8.21. The largest absolute Gasteiger partial charge is 0.466 e. The highest BCUT2D eigenvalue weighted by Gasteiger charge is 2.20. The van der Waals surface area contributed by atoms with Gasteiger partial charge in [-0.15, -0.1) is 0 Å². The summed E-state index contributed by atoms with van der Waals surface area (Å²) in [6.07, 6.45) is 4.28. The SMILES string of the molecule is Cc1ccc(C(C)CCN2CCN(c3ncc[nH]c3=O)CC2)o1. The van der Waals surface area contributed by atoms with Crippen molar-refractivity contribution >= 4 is 5.82 Å². The van der Waals surface area contributed by atoms with Gasteiger partial charge in [0.2, 0.25) is 0 Å². The second-order valence-electron chi connectivity index (χ2n) is 6.21. The molecule has 0 radical (unpaired) electrons. The average Bonchev–Trinajstić information content (AvgIpc) is 3.00. The molecule has 1 aliphatic heterocycles. The zero-order valence-corrected chi connectivity index (χ0v) is 13.8. The van der Waals surface area contributed by atoms with Crippen LogP contribution in [0.5, 0.6) is 0 Å². The lowest BCUT2D eigenvalue weighted by atomic mass is 10.0. The van der Waals surface area contributed by atoms with Crippen molar-refractivity contribution in [2.24, 2.45) is 0 Å². The predicted octanol–water partition coefficient (Wildman–Crippen LogP) is 1.99. The molecule has 3 rings (SSSR count). The van der Waals surface area contributed by atoms with Gasteiger partial charge < -0.3 is 14.3 Å². The number of anilines is 1. The molecule has 6 nitrogen and oxygen atoms in total. The van der Waals surface area contributed by atoms with Gasteiger partial charge in [0.25, 0.3) is 5.56 Å². The first kappa shape index (κ1) is 15.8. The van der Waals surface area contributed by atoms with Crippen molar-refractivity contribution in [2.75, 3.05) is 37.6 Å². The highest BCUT2D eigenvalue weighted by Crippen LogP contribution is 2.22. The topological polar surface area (TPSA) is 65.4 Å². The molecule has 124 valence electrons. The van der Waals surface area contributed by atoms with Crippen molar-refractivity contribution in [2.45, 2.75) is 26.2 Å². The van der Waals surface area contributed by atoms with Crippen LogP contribution in [0, 0.1) is 6.92 Å². The Labute approximate surface area is 136 Å². The van der Waals surface area contributed by atoms with Gasteiger partial charge in [0, 0.05) is 44.5 Å². The molecule has 0 bridgehead atoms. The number of furan rings is 1. The highest BCUT2D eigenvalue weighted by atomic mass is 16.3. The first-order chi connectivity index (χ1) is 11.1. The Bertz CT molecular complexity index is 686. The fraction of sp³-hybridized carbons (Fsp3) is 0.529. The number of aromatic amines is 1. The van der Waals surface area contributed by atoms with E-state index in [-0.39, 0.29) is 5.56 Å². The van der Waals surface area contributed by atoms with E-state index >= 15 is 0 Å². The van der Waals surface area contributed by atoms with E-state index in [2.05, 4.69) is 32.8 Å². The van der Waals surface area contributed by atoms with Crippen LogP contribution in [0.3, 0.4) is 0 Å². The Morgan fingerprint density at radius 2 is 2.09 bits per heavy atom. The van der Waals surface area contributed by atoms with Gasteiger partial charge in [0.05, 0.1) is 0 Å². The van der Waals surface area contributed by atoms with Crippen LogP contribution in [0.15, 0.2) is 33.7 Å². The molecule has 1 aliphatic rings. The molecule has 0 aliphatic carbocycles. The van der Waals surface area contributed by atoms with Gasteiger partial charge in [-0.1, -0.05) is 6.92 Å². The molecule has 2 aromatic rings. The van der Waals surface area contributed by atoms with Crippen LogP contribution in [0.4, 0.5) is 5.82 Å². The molecule has 0 amide bonds. The van der Waals surface area contributed by atoms with E-state index in [0.717, 1.165) is 50.7 Å². The molecule has 0 aromatic carbocycles. The number of H-pyrrole nitrogens is 1. The predicted molar refractivity (Wildman–Crippen MR) is 90.0 cm³/mol. The number of hydrogen-bond donors (Lipinski definition) is 1. The molecule has 0 spiro atoms. The smallest absolute Gasteiger partial charge is 0.290 e. The highest BCUT2D eigenvalue weighted by molar-refractivity contribution is 5.35. The zero-order chi connectivity index (χ0) is 16.2. The minimum Gasteiger partial charge on any atom is -0.466 e. The zero-order valence-electron chi connectivity index (χ0n) is 13.8. The normalized spacial score (nSPS) is 17.4. The van der Waals surface area contributed by atoms with E-state index in [9.17, 15) is 4.79 Å². The summed E-state index contributed by atoms with van der Waals surface area (Å²) in [4.78, 5) is 23.2. The van der Waals surface area contributed by atoms with Crippen LogP contribution in [-0.2, 0) is 0 Å². The van der Waals surface area contributed by atoms with Crippen LogP contribution >= 0.6 is 0 Å². The molecule has 1 N–H and O–H groups in total. The Morgan fingerprint density at radius 1 is 1.30 bits per heavy atom. The number of hydrogen-bond acceptors (Lipinski definition) is 5. The van der Waals surface area contributed by atoms with Crippen molar-refractivity contribution in [3.05, 3.63) is 46.4 Å². The molecule has 3 heterocycles. The number of nitrogens with zero attached hydrogens (tertiary/aromatic N) is 3. The van der Waals surface area contributed by atoms with Crippen molar-refractivity contribution in [1.29, 1.82) is 0 Å². The monoisotopic (exact) mass is 316 g/mol. The van der Waals surface area contributed by atoms with Crippen LogP contribution in [0.1, 0.15) is 30.8 Å². The maximum atomic E-state index is 11.8. The van der Waals surface area contributed by atoms with Gasteiger partial charge in [-0.25, -0.2) is 4.98 Å². The Morgan fingerprint density at radius 3 is 2.74 bits per heavy atom. The summed E-state index contributed by atoms with van der Waals surface area (Å²) in [5.74, 6) is 3.01. The lowest BCUT2D eigenvalue weighted by Crippen LogP contribution is -2.48. The van der Waals surface area contributed by atoms with E-state index in [1.807, 2.05) is 13.0 Å². The number of nitrogens with one attached hydrogen (secondary N) is 1. The van der Waals surface area contributed by atoms with Gasteiger partial charge in [0.15, 0.2) is 5.82 Å². The second kappa shape index (κ2) is 7.00. The third kappa shape index (κ3) is 3.82. The maximum Gasteiger partial charge on any atom is 0.290 e. The van der Waals surface area contributed by atoms with Gasteiger partial charge in [0.1, 0.15) is 11.5 Å². The summed E-state index contributed by atoms with van der Waals surface area (Å²) in [6.45, 7) is 8.84. The standard InChI is InChI=1S/C17H24N4O2/c1-13(15-4-3-14(2)23-15)5-8-20-9-11-21(12-10-20)16-17(22)19-7-6-18-16/h3-4,6-7,13H,5,8-12H2,1-2H3,(H,19,22). The molecular formula is C17H24N4O2. The van der Waals surface area contributed by atoms with Gasteiger partial charge in [-0.3, -0.25) is 9.69 Å². The third-order valence-electron chi connectivity index (χ3n) is 4.49. The Hall–Kier alpha value is -2.08. The molecule has 1 saturated heterocycles. The molecule has 0 saturated carbocycles. The van der Waals surface area contributed by atoms with Crippen LogP contribution < -0.4 is 10.5 Å². The van der Waals surface area contributed by atoms with Crippen molar-refractivity contribution < 1.29 is 4.42 Å². The summed E-state index contributed by atoms with van der Waals surface area (Å²) in [6, 6.07) is 4.10. The summed E-state index contributed by atoms with van der Waals surface area (Å²) in [7, 11) is 0. The van der Waals surface area contributed by atoms with Crippen molar-refractivity contribution in [3.8, 4) is 0 Å². The summed E-state index contributed by atoms with van der Waals surface area (Å²) in [5, 5.41) is 0. The van der Waals surface area contributed by atoms with Crippen LogP contribution in [-0.4, -0.2) is 47.6 Å². The molecule has 1 fully saturated rings. The average molecular weight is 316 g/mol. The van der Waals surface area contributed by atoms with Crippen LogP contribution in [0.25, 0.3) is 0 Å². The van der Waals surface area contributed by atoms with E-state index in [1.54, 1.807) is 12.4 Å². The Kier molecular flexibility index (Phi) is 4.81. The quantitative estimate of drug-likeness (QED) is 0.914. The minimum atomic E-state index is -0.109. The summed E-state index contributed by atoms with van der Waals surface area (Å²) < 4.78 is 5.70. The lowest BCUT2D eigenvalue weighted by Gasteiger charge is -2.35. The lowest BCUT2D eigenvalue weighted by molar-refractivity contribution is 0.245. The van der Waals surface area contributed by atoms with E-state index < -0.39 is 0 Å². The molecule has 23 heavy (non-hydrogen) atoms.